The summed E-state index contributed by atoms with van der Waals surface area (Å²) in [5.41, 5.74) is 2.01. The normalized spacial score (nSPS) is 10.3. The van der Waals surface area contributed by atoms with Crippen molar-refractivity contribution >= 4 is 15.9 Å². The second kappa shape index (κ2) is 6.19. The maximum absolute atomic E-state index is 13.1. The topological polar surface area (TPSA) is 56.6 Å². The van der Waals surface area contributed by atoms with E-state index in [1.807, 2.05) is 30.3 Å². The van der Waals surface area contributed by atoms with Gasteiger partial charge >= 0.3 is 0 Å². The third-order valence-corrected chi connectivity index (χ3v) is 4.16. The van der Waals surface area contributed by atoms with E-state index in [0.717, 1.165) is 10.0 Å². The van der Waals surface area contributed by atoms with E-state index in [1.165, 1.54) is 12.1 Å². The number of H-pyrrole nitrogens is 1. The van der Waals surface area contributed by atoms with Gasteiger partial charge < -0.3 is 4.98 Å². The average Bonchev–Trinajstić information content (AvgIpc) is 2.55. The number of nitrogens with one attached hydrogen (secondary N) is 1. The number of rotatable bonds is 2. The lowest BCUT2D eigenvalue weighted by Gasteiger charge is -2.09. The second-order valence-electron chi connectivity index (χ2n) is 4.90. The fourth-order valence-corrected chi connectivity index (χ4v) is 2.85. The zero-order chi connectivity index (χ0) is 16.4. The van der Waals surface area contributed by atoms with Gasteiger partial charge in [-0.05, 0) is 29.8 Å². The molecule has 1 heterocycles. The third-order valence-electron chi connectivity index (χ3n) is 3.46. The van der Waals surface area contributed by atoms with Gasteiger partial charge in [0.15, 0.2) is 0 Å². The number of aromatic amines is 1. The van der Waals surface area contributed by atoms with Crippen LogP contribution in [0.1, 0.15) is 5.56 Å². The molecule has 23 heavy (non-hydrogen) atoms. The highest BCUT2D eigenvalue weighted by Crippen LogP contribution is 2.30. The van der Waals surface area contributed by atoms with E-state index in [2.05, 4.69) is 20.9 Å². The average molecular weight is 369 g/mol. The third kappa shape index (κ3) is 2.94. The highest BCUT2D eigenvalue weighted by molar-refractivity contribution is 9.10. The number of pyridine rings is 1. The highest BCUT2D eigenvalue weighted by atomic mass is 79.9. The number of hydrogen-bond acceptors (Lipinski definition) is 2. The van der Waals surface area contributed by atoms with Crippen molar-refractivity contribution in [3.8, 4) is 28.5 Å². The number of nitrogens with zero attached hydrogens (tertiary/aromatic N) is 1. The molecule has 5 heteroatoms. The second-order valence-corrected chi connectivity index (χ2v) is 5.75. The van der Waals surface area contributed by atoms with Crippen LogP contribution in [0.4, 0.5) is 4.39 Å². The lowest BCUT2D eigenvalue weighted by Crippen LogP contribution is -2.12. The molecule has 1 aromatic heterocycles. The molecule has 3 rings (SSSR count). The Balaban J connectivity index is 2.27. The van der Waals surface area contributed by atoms with Gasteiger partial charge in [-0.15, -0.1) is 0 Å². The first kappa shape index (κ1) is 15.2. The molecule has 0 aliphatic heterocycles. The minimum absolute atomic E-state index is 0.00686. The molecule has 112 valence electrons. The molecule has 0 aliphatic rings. The molecular weight excluding hydrogens is 359 g/mol. The van der Waals surface area contributed by atoms with Crippen LogP contribution >= 0.6 is 15.9 Å². The summed E-state index contributed by atoms with van der Waals surface area (Å²) in [6.07, 6.45) is 0. The van der Waals surface area contributed by atoms with Crippen LogP contribution in [0.3, 0.4) is 0 Å². The van der Waals surface area contributed by atoms with Crippen molar-refractivity contribution in [3.63, 3.8) is 0 Å². The van der Waals surface area contributed by atoms with Gasteiger partial charge in [-0.1, -0.05) is 46.3 Å². The molecule has 0 saturated heterocycles. The van der Waals surface area contributed by atoms with Gasteiger partial charge in [0.25, 0.3) is 5.56 Å². The number of hydrogen-bond donors (Lipinski definition) is 1. The Morgan fingerprint density at radius 2 is 1.74 bits per heavy atom. The molecule has 0 atom stereocenters. The fraction of sp³-hybridized carbons (Fsp3) is 0. The van der Waals surface area contributed by atoms with Crippen LogP contribution in [-0.2, 0) is 0 Å². The van der Waals surface area contributed by atoms with Gasteiger partial charge in [0.2, 0.25) is 0 Å². The van der Waals surface area contributed by atoms with Crippen molar-refractivity contribution in [2.75, 3.05) is 0 Å². The van der Waals surface area contributed by atoms with E-state index in [0.29, 0.717) is 16.8 Å². The summed E-state index contributed by atoms with van der Waals surface area (Å²) >= 11 is 3.45. The molecule has 0 saturated carbocycles. The van der Waals surface area contributed by atoms with Crippen LogP contribution in [0.5, 0.6) is 0 Å². The Bertz CT molecular complexity index is 972. The zero-order valence-electron chi connectivity index (χ0n) is 11.8. The molecule has 0 aliphatic carbocycles. The molecule has 1 N–H and O–H groups in total. The minimum atomic E-state index is -0.472. The summed E-state index contributed by atoms with van der Waals surface area (Å²) in [4.78, 5) is 15.0. The van der Waals surface area contributed by atoms with E-state index in [1.54, 1.807) is 18.2 Å². The smallest absolute Gasteiger partial charge is 0.266 e. The van der Waals surface area contributed by atoms with Gasteiger partial charge in [0.05, 0.1) is 5.69 Å². The van der Waals surface area contributed by atoms with E-state index >= 15 is 0 Å². The molecule has 0 radical (unpaired) electrons. The molecule has 3 nitrogen and oxygen atoms in total. The number of halogens is 2. The SMILES string of the molecule is N#Cc1c(-c2ccc(F)cc2)cc(-c2ccccc2Br)[nH]c1=O. The van der Waals surface area contributed by atoms with Crippen LogP contribution in [0.15, 0.2) is 63.9 Å². The van der Waals surface area contributed by atoms with Crippen molar-refractivity contribution in [1.29, 1.82) is 5.26 Å². The summed E-state index contributed by atoms with van der Waals surface area (Å²) in [5.74, 6) is -0.372. The Morgan fingerprint density at radius 1 is 1.04 bits per heavy atom. The lowest BCUT2D eigenvalue weighted by atomic mass is 9.99. The Hall–Kier alpha value is -2.71. The lowest BCUT2D eigenvalue weighted by molar-refractivity contribution is 0.628. The first-order valence-electron chi connectivity index (χ1n) is 6.78. The molecule has 0 unspecified atom stereocenters. The number of aromatic nitrogens is 1. The van der Waals surface area contributed by atoms with Gasteiger partial charge in [0.1, 0.15) is 17.4 Å². The number of benzene rings is 2. The Labute approximate surface area is 140 Å². The van der Waals surface area contributed by atoms with Gasteiger partial charge in [-0.25, -0.2) is 4.39 Å². The fourth-order valence-electron chi connectivity index (χ4n) is 2.35. The standard InChI is InChI=1S/C18H10BrFN2O/c19-16-4-2-1-3-13(16)17-9-14(15(10-21)18(23)22-17)11-5-7-12(20)8-6-11/h1-9H,(H,22,23). The first-order chi connectivity index (χ1) is 11.1. The van der Waals surface area contributed by atoms with E-state index < -0.39 is 5.56 Å². The van der Waals surface area contributed by atoms with Crippen molar-refractivity contribution in [2.45, 2.75) is 0 Å². The first-order valence-corrected chi connectivity index (χ1v) is 7.57. The predicted octanol–water partition coefficient (Wildman–Crippen LogP) is 4.48. The van der Waals surface area contributed by atoms with Crippen molar-refractivity contribution in [1.82, 2.24) is 4.98 Å². The summed E-state index contributed by atoms with van der Waals surface area (Å²) in [7, 11) is 0. The van der Waals surface area contributed by atoms with Crippen LogP contribution in [0.25, 0.3) is 22.4 Å². The van der Waals surface area contributed by atoms with E-state index in [4.69, 9.17) is 0 Å². The van der Waals surface area contributed by atoms with Crippen LogP contribution in [-0.4, -0.2) is 4.98 Å². The molecule has 0 amide bonds. The number of nitriles is 1. The van der Waals surface area contributed by atoms with Crippen LogP contribution < -0.4 is 5.56 Å². The Kier molecular flexibility index (Phi) is 4.09. The highest BCUT2D eigenvalue weighted by Gasteiger charge is 2.13. The van der Waals surface area contributed by atoms with Crippen LogP contribution in [0.2, 0.25) is 0 Å². The Morgan fingerprint density at radius 3 is 2.39 bits per heavy atom. The molecule has 2 aromatic carbocycles. The summed E-state index contributed by atoms with van der Waals surface area (Å²) in [6, 6.07) is 16.8. The summed E-state index contributed by atoms with van der Waals surface area (Å²) in [5, 5.41) is 9.28. The molecule has 0 fully saturated rings. The van der Waals surface area contributed by atoms with Crippen LogP contribution in [0, 0.1) is 17.1 Å². The predicted molar refractivity (Wildman–Crippen MR) is 90.3 cm³/mol. The molecule has 0 bridgehead atoms. The van der Waals surface area contributed by atoms with Crippen molar-refractivity contribution < 1.29 is 4.39 Å². The summed E-state index contributed by atoms with van der Waals surface area (Å²) < 4.78 is 13.9. The van der Waals surface area contributed by atoms with Crippen molar-refractivity contribution in [2.24, 2.45) is 0 Å². The quantitative estimate of drug-likeness (QED) is 0.724. The maximum Gasteiger partial charge on any atom is 0.266 e. The summed E-state index contributed by atoms with van der Waals surface area (Å²) in [6.45, 7) is 0. The monoisotopic (exact) mass is 368 g/mol. The van der Waals surface area contributed by atoms with Crippen molar-refractivity contribution in [3.05, 3.63) is 80.8 Å². The maximum atomic E-state index is 13.1. The zero-order valence-corrected chi connectivity index (χ0v) is 13.4. The van der Waals surface area contributed by atoms with Gasteiger partial charge in [-0.2, -0.15) is 5.26 Å². The molecule has 0 spiro atoms. The largest absolute Gasteiger partial charge is 0.321 e. The molecule has 3 aromatic rings. The molecular formula is C18H10BrFN2O. The van der Waals surface area contributed by atoms with Gasteiger partial charge in [0, 0.05) is 15.6 Å². The van der Waals surface area contributed by atoms with E-state index in [-0.39, 0.29) is 11.4 Å². The van der Waals surface area contributed by atoms with Gasteiger partial charge in [-0.3, -0.25) is 4.79 Å². The minimum Gasteiger partial charge on any atom is -0.321 e. The van der Waals surface area contributed by atoms with E-state index in [9.17, 15) is 14.4 Å².